The van der Waals surface area contributed by atoms with Crippen LogP contribution in [0.5, 0.6) is 17.2 Å². The van der Waals surface area contributed by atoms with Gasteiger partial charge in [-0.2, -0.15) is 0 Å². The van der Waals surface area contributed by atoms with Gasteiger partial charge in [-0.25, -0.2) is 0 Å². The minimum absolute atomic E-state index is 0.197. The van der Waals surface area contributed by atoms with Crippen LogP contribution in [0.1, 0.15) is 6.92 Å². The Bertz CT molecular complexity index is 687. The normalized spacial score (nSPS) is 13.5. The highest BCUT2D eigenvalue weighted by molar-refractivity contribution is 6.30. The van der Waals surface area contributed by atoms with E-state index in [1.54, 1.807) is 49.4 Å². The number of halogens is 1. The van der Waals surface area contributed by atoms with E-state index < -0.39 is 6.10 Å². The molecule has 0 aliphatic carbocycles. The van der Waals surface area contributed by atoms with Crippen molar-refractivity contribution in [2.75, 3.05) is 12.1 Å². The van der Waals surface area contributed by atoms with Crippen LogP contribution >= 0.6 is 11.6 Å². The van der Waals surface area contributed by atoms with Gasteiger partial charge in [0.1, 0.15) is 5.75 Å². The average molecular weight is 320 g/mol. The first-order chi connectivity index (χ1) is 10.6. The monoisotopic (exact) mass is 319 g/mol. The quantitative estimate of drug-likeness (QED) is 0.937. The van der Waals surface area contributed by atoms with Gasteiger partial charge in [0.05, 0.1) is 0 Å². The number of amides is 1. The fourth-order valence-electron chi connectivity index (χ4n) is 1.99. The van der Waals surface area contributed by atoms with Crippen molar-refractivity contribution < 1.29 is 19.0 Å². The summed E-state index contributed by atoms with van der Waals surface area (Å²) in [4.78, 5) is 12.1. The van der Waals surface area contributed by atoms with Gasteiger partial charge in [-0.3, -0.25) is 4.79 Å². The molecule has 0 bridgehead atoms. The van der Waals surface area contributed by atoms with Crippen LogP contribution in [-0.2, 0) is 4.79 Å². The van der Waals surface area contributed by atoms with Crippen molar-refractivity contribution in [2.45, 2.75) is 13.0 Å². The summed E-state index contributed by atoms with van der Waals surface area (Å²) in [5.41, 5.74) is 0.626. The van der Waals surface area contributed by atoms with Gasteiger partial charge in [-0.1, -0.05) is 11.6 Å². The summed E-state index contributed by atoms with van der Waals surface area (Å²) in [6, 6.07) is 12.1. The number of rotatable bonds is 4. The van der Waals surface area contributed by atoms with Crippen LogP contribution < -0.4 is 19.5 Å². The van der Waals surface area contributed by atoms with E-state index in [2.05, 4.69) is 5.32 Å². The van der Waals surface area contributed by atoms with Crippen molar-refractivity contribution in [3.8, 4) is 17.2 Å². The van der Waals surface area contributed by atoms with E-state index in [0.717, 1.165) is 0 Å². The molecule has 1 amide bonds. The molecule has 0 saturated heterocycles. The first kappa shape index (κ1) is 14.5. The number of nitrogens with one attached hydrogen (secondary N) is 1. The molecule has 22 heavy (non-hydrogen) atoms. The number of carbonyl (C=O) groups is 1. The molecular weight excluding hydrogens is 306 g/mol. The second-order valence-electron chi connectivity index (χ2n) is 4.77. The Morgan fingerprint density at radius 1 is 1.18 bits per heavy atom. The van der Waals surface area contributed by atoms with Gasteiger partial charge in [0.2, 0.25) is 6.79 Å². The van der Waals surface area contributed by atoms with Crippen LogP contribution in [0.2, 0.25) is 5.02 Å². The Balaban J connectivity index is 1.62. The van der Waals surface area contributed by atoms with Crippen molar-refractivity contribution in [1.82, 2.24) is 0 Å². The number of carbonyl (C=O) groups excluding carboxylic acids is 1. The lowest BCUT2D eigenvalue weighted by atomic mass is 10.2. The summed E-state index contributed by atoms with van der Waals surface area (Å²) in [5.74, 6) is 1.61. The first-order valence-corrected chi connectivity index (χ1v) is 7.12. The largest absolute Gasteiger partial charge is 0.481 e. The lowest BCUT2D eigenvalue weighted by Gasteiger charge is -2.15. The van der Waals surface area contributed by atoms with Crippen LogP contribution in [0.3, 0.4) is 0 Å². The minimum atomic E-state index is -0.647. The molecule has 0 saturated carbocycles. The predicted molar refractivity (Wildman–Crippen MR) is 82.7 cm³/mol. The summed E-state index contributed by atoms with van der Waals surface area (Å²) < 4.78 is 16.1. The van der Waals surface area contributed by atoms with E-state index in [1.807, 2.05) is 0 Å². The Morgan fingerprint density at radius 3 is 2.68 bits per heavy atom. The van der Waals surface area contributed by atoms with Gasteiger partial charge in [-0.05, 0) is 43.3 Å². The number of benzene rings is 2. The molecule has 1 atom stereocenters. The molecule has 0 unspecified atom stereocenters. The third kappa shape index (κ3) is 3.26. The summed E-state index contributed by atoms with van der Waals surface area (Å²) in [7, 11) is 0. The number of fused-ring (bicyclic) bond motifs is 1. The highest BCUT2D eigenvalue weighted by atomic mass is 35.5. The maximum Gasteiger partial charge on any atom is 0.265 e. The number of ether oxygens (including phenoxy) is 3. The third-order valence-corrected chi connectivity index (χ3v) is 3.39. The van der Waals surface area contributed by atoms with Gasteiger partial charge in [0, 0.05) is 16.8 Å². The Hall–Kier alpha value is -2.40. The molecule has 1 heterocycles. The number of anilines is 1. The van der Waals surface area contributed by atoms with E-state index in [9.17, 15) is 4.79 Å². The molecule has 0 radical (unpaired) electrons. The van der Waals surface area contributed by atoms with Gasteiger partial charge in [-0.15, -0.1) is 0 Å². The van der Waals surface area contributed by atoms with Crippen LogP contribution in [0.25, 0.3) is 0 Å². The zero-order valence-corrected chi connectivity index (χ0v) is 12.6. The van der Waals surface area contributed by atoms with Gasteiger partial charge in [0.25, 0.3) is 5.91 Å². The molecule has 0 aromatic heterocycles. The molecule has 0 spiro atoms. The topological polar surface area (TPSA) is 56.8 Å². The zero-order valence-electron chi connectivity index (χ0n) is 11.8. The van der Waals surface area contributed by atoms with Crippen LogP contribution in [0.4, 0.5) is 5.69 Å². The average Bonchev–Trinajstić information content (AvgIpc) is 2.97. The van der Waals surface area contributed by atoms with Gasteiger partial charge in [0.15, 0.2) is 17.6 Å². The van der Waals surface area contributed by atoms with Gasteiger partial charge >= 0.3 is 0 Å². The molecule has 1 aliphatic heterocycles. The van der Waals surface area contributed by atoms with Crippen LogP contribution in [-0.4, -0.2) is 18.8 Å². The van der Waals surface area contributed by atoms with Crippen molar-refractivity contribution in [1.29, 1.82) is 0 Å². The molecule has 114 valence electrons. The lowest BCUT2D eigenvalue weighted by Crippen LogP contribution is -2.30. The SMILES string of the molecule is C[C@H](Oc1ccc(Cl)cc1)C(=O)Nc1ccc2c(c1)OCO2. The smallest absolute Gasteiger partial charge is 0.265 e. The van der Waals surface area contributed by atoms with E-state index in [-0.39, 0.29) is 12.7 Å². The van der Waals surface area contributed by atoms with Crippen LogP contribution in [0.15, 0.2) is 42.5 Å². The molecule has 2 aromatic rings. The number of hydrogen-bond acceptors (Lipinski definition) is 4. The predicted octanol–water partition coefficient (Wildman–Crippen LogP) is 3.47. The van der Waals surface area contributed by atoms with E-state index >= 15 is 0 Å². The van der Waals surface area contributed by atoms with E-state index in [0.29, 0.717) is 28.0 Å². The Labute approximate surface area is 132 Å². The highest BCUT2D eigenvalue weighted by Gasteiger charge is 2.17. The fourth-order valence-corrected chi connectivity index (χ4v) is 2.11. The van der Waals surface area contributed by atoms with Crippen molar-refractivity contribution >= 4 is 23.2 Å². The summed E-state index contributed by atoms with van der Waals surface area (Å²) in [6.07, 6.45) is -0.647. The molecule has 3 rings (SSSR count). The maximum absolute atomic E-state index is 12.1. The van der Waals surface area contributed by atoms with E-state index in [1.165, 1.54) is 0 Å². The molecule has 1 N–H and O–H groups in total. The van der Waals surface area contributed by atoms with Crippen molar-refractivity contribution in [3.63, 3.8) is 0 Å². The number of hydrogen-bond donors (Lipinski definition) is 1. The van der Waals surface area contributed by atoms with Crippen molar-refractivity contribution in [2.24, 2.45) is 0 Å². The Morgan fingerprint density at radius 2 is 1.91 bits per heavy atom. The maximum atomic E-state index is 12.1. The van der Waals surface area contributed by atoms with Crippen LogP contribution in [0, 0.1) is 0 Å². The second kappa shape index (κ2) is 6.15. The second-order valence-corrected chi connectivity index (χ2v) is 5.21. The fraction of sp³-hybridized carbons (Fsp3) is 0.188. The standard InChI is InChI=1S/C16H14ClNO4/c1-10(22-13-5-2-11(17)3-6-13)16(19)18-12-4-7-14-15(8-12)21-9-20-14/h2-8,10H,9H2,1H3,(H,18,19)/t10-/m0/s1. The lowest BCUT2D eigenvalue weighted by molar-refractivity contribution is -0.122. The first-order valence-electron chi connectivity index (χ1n) is 6.74. The summed E-state index contributed by atoms with van der Waals surface area (Å²) in [6.45, 7) is 1.87. The summed E-state index contributed by atoms with van der Waals surface area (Å²) >= 11 is 5.81. The van der Waals surface area contributed by atoms with Gasteiger partial charge < -0.3 is 19.5 Å². The molecule has 2 aromatic carbocycles. The minimum Gasteiger partial charge on any atom is -0.481 e. The molecule has 6 heteroatoms. The molecule has 0 fully saturated rings. The zero-order chi connectivity index (χ0) is 15.5. The molecule has 1 aliphatic rings. The third-order valence-electron chi connectivity index (χ3n) is 3.14. The highest BCUT2D eigenvalue weighted by Crippen LogP contribution is 2.34. The van der Waals surface area contributed by atoms with E-state index in [4.69, 9.17) is 25.8 Å². The Kier molecular flexibility index (Phi) is 4.06. The van der Waals surface area contributed by atoms with Crippen molar-refractivity contribution in [3.05, 3.63) is 47.5 Å². The molecular formula is C16H14ClNO4. The summed E-state index contributed by atoms with van der Waals surface area (Å²) in [5, 5.41) is 3.39. The molecule has 5 nitrogen and oxygen atoms in total.